The van der Waals surface area contributed by atoms with E-state index in [1.807, 2.05) is 0 Å². The van der Waals surface area contributed by atoms with Gasteiger partial charge in [0.05, 0.1) is 13.0 Å². The predicted molar refractivity (Wildman–Crippen MR) is 88.5 cm³/mol. The van der Waals surface area contributed by atoms with Crippen LogP contribution in [0.25, 0.3) is 0 Å². The van der Waals surface area contributed by atoms with Gasteiger partial charge >= 0.3 is 5.97 Å². The molecule has 128 valence electrons. The summed E-state index contributed by atoms with van der Waals surface area (Å²) in [7, 11) is 0. The van der Waals surface area contributed by atoms with E-state index in [9.17, 15) is 4.79 Å². The van der Waals surface area contributed by atoms with Crippen LogP contribution in [0.1, 0.15) is 59.3 Å². The number of fused-ring (bicyclic) bond motifs is 2. The van der Waals surface area contributed by atoms with Crippen LogP contribution in [-0.4, -0.2) is 18.9 Å². The van der Waals surface area contributed by atoms with E-state index in [-0.39, 0.29) is 18.2 Å². The fourth-order valence-electron chi connectivity index (χ4n) is 6.58. The Morgan fingerprint density at radius 2 is 2.00 bits per heavy atom. The van der Waals surface area contributed by atoms with Gasteiger partial charge in [-0.2, -0.15) is 0 Å². The number of hydrogen-bond donors (Lipinski definition) is 0. The second-order valence-corrected chi connectivity index (χ2v) is 9.27. The summed E-state index contributed by atoms with van der Waals surface area (Å²) in [4.78, 5) is 11.6. The number of carbonyl (C=O) groups is 1. The molecule has 4 rings (SSSR count). The molecule has 4 aliphatic rings. The molecule has 0 amide bonds. The van der Waals surface area contributed by atoms with Crippen LogP contribution in [0.4, 0.5) is 0 Å². The molecule has 2 saturated carbocycles. The zero-order valence-corrected chi connectivity index (χ0v) is 14.8. The number of ether oxygens (including phenoxy) is 2. The molecule has 4 fully saturated rings. The predicted octanol–water partition coefficient (Wildman–Crippen LogP) is 4.32. The molecule has 0 N–H and O–H groups in total. The molecule has 0 bridgehead atoms. The summed E-state index contributed by atoms with van der Waals surface area (Å²) in [5, 5.41) is 0. The first-order valence-electron chi connectivity index (χ1n) is 9.33. The van der Waals surface area contributed by atoms with Crippen molar-refractivity contribution in [1.29, 1.82) is 0 Å². The maximum atomic E-state index is 11.6. The SMILES string of the molecule is C=C([C@H]1CC[C@H]2C(C)(C)CCC[C@]12C)[C@@H]1CO[C@@H]2OC(=O)C[C@@H]21. The first kappa shape index (κ1) is 15.7. The highest BCUT2D eigenvalue weighted by molar-refractivity contribution is 5.72. The maximum absolute atomic E-state index is 11.6. The van der Waals surface area contributed by atoms with E-state index in [1.165, 1.54) is 37.7 Å². The third kappa shape index (κ3) is 2.22. The Balaban J connectivity index is 1.56. The lowest BCUT2D eigenvalue weighted by atomic mass is 9.54. The van der Waals surface area contributed by atoms with Crippen LogP contribution >= 0.6 is 0 Å². The molecule has 0 unspecified atom stereocenters. The fourth-order valence-corrected chi connectivity index (χ4v) is 6.58. The van der Waals surface area contributed by atoms with Gasteiger partial charge in [-0.1, -0.05) is 39.3 Å². The Morgan fingerprint density at radius 3 is 2.78 bits per heavy atom. The van der Waals surface area contributed by atoms with Crippen molar-refractivity contribution in [2.45, 2.75) is 65.6 Å². The zero-order valence-electron chi connectivity index (χ0n) is 14.8. The van der Waals surface area contributed by atoms with Crippen molar-refractivity contribution in [2.24, 2.45) is 34.5 Å². The number of hydrogen-bond acceptors (Lipinski definition) is 3. The summed E-state index contributed by atoms with van der Waals surface area (Å²) >= 11 is 0. The average Bonchev–Trinajstić information content (AvgIpc) is 3.09. The van der Waals surface area contributed by atoms with Crippen LogP contribution in [0.5, 0.6) is 0 Å². The summed E-state index contributed by atoms with van der Waals surface area (Å²) in [6, 6.07) is 0. The Morgan fingerprint density at radius 1 is 1.22 bits per heavy atom. The molecule has 6 atom stereocenters. The molecule has 3 nitrogen and oxygen atoms in total. The Hall–Kier alpha value is -0.830. The van der Waals surface area contributed by atoms with Gasteiger partial charge in [-0.3, -0.25) is 4.79 Å². The highest BCUT2D eigenvalue weighted by atomic mass is 16.7. The highest BCUT2D eigenvalue weighted by Gasteiger charge is 2.57. The Kier molecular flexibility index (Phi) is 3.46. The van der Waals surface area contributed by atoms with Crippen molar-refractivity contribution >= 4 is 5.97 Å². The molecular formula is C20H30O3. The van der Waals surface area contributed by atoms with Crippen molar-refractivity contribution in [3.05, 3.63) is 12.2 Å². The molecule has 0 aromatic rings. The second-order valence-electron chi connectivity index (χ2n) is 9.27. The zero-order chi connectivity index (χ0) is 16.4. The van der Waals surface area contributed by atoms with Gasteiger partial charge in [0.1, 0.15) is 0 Å². The number of rotatable bonds is 2. The van der Waals surface area contributed by atoms with E-state index in [0.717, 1.165) is 5.92 Å². The fraction of sp³-hybridized carbons (Fsp3) is 0.850. The molecule has 2 aliphatic carbocycles. The van der Waals surface area contributed by atoms with Crippen LogP contribution in [0.2, 0.25) is 0 Å². The van der Waals surface area contributed by atoms with Gasteiger partial charge in [0, 0.05) is 11.8 Å². The van der Waals surface area contributed by atoms with Crippen LogP contribution in [-0.2, 0) is 14.3 Å². The van der Waals surface area contributed by atoms with Gasteiger partial charge in [0.2, 0.25) is 6.29 Å². The summed E-state index contributed by atoms with van der Waals surface area (Å²) in [6.45, 7) is 12.6. The van der Waals surface area contributed by atoms with E-state index in [2.05, 4.69) is 27.4 Å². The second kappa shape index (κ2) is 5.08. The van der Waals surface area contributed by atoms with Gasteiger partial charge < -0.3 is 9.47 Å². The minimum absolute atomic E-state index is 0.105. The van der Waals surface area contributed by atoms with Crippen molar-refractivity contribution in [3.8, 4) is 0 Å². The summed E-state index contributed by atoms with van der Waals surface area (Å²) in [5.74, 6) is 1.78. The smallest absolute Gasteiger partial charge is 0.308 e. The molecule has 2 saturated heterocycles. The third-order valence-corrected chi connectivity index (χ3v) is 7.70. The van der Waals surface area contributed by atoms with Gasteiger partial charge in [-0.05, 0) is 48.3 Å². The molecule has 0 spiro atoms. The largest absolute Gasteiger partial charge is 0.435 e. The van der Waals surface area contributed by atoms with E-state index in [4.69, 9.17) is 9.47 Å². The van der Waals surface area contributed by atoms with Crippen LogP contribution in [0.15, 0.2) is 12.2 Å². The lowest BCUT2D eigenvalue weighted by Crippen LogP contribution is -2.42. The maximum Gasteiger partial charge on any atom is 0.308 e. The third-order valence-electron chi connectivity index (χ3n) is 7.70. The Labute approximate surface area is 139 Å². The first-order chi connectivity index (χ1) is 10.8. The normalized spacial score (nSPS) is 48.0. The first-order valence-corrected chi connectivity index (χ1v) is 9.33. The molecular weight excluding hydrogens is 288 g/mol. The van der Waals surface area contributed by atoms with Gasteiger partial charge in [-0.15, -0.1) is 0 Å². The lowest BCUT2D eigenvalue weighted by Gasteiger charge is -2.50. The van der Waals surface area contributed by atoms with E-state index < -0.39 is 0 Å². The van der Waals surface area contributed by atoms with E-state index >= 15 is 0 Å². The summed E-state index contributed by atoms with van der Waals surface area (Å²) in [5.41, 5.74) is 2.17. The van der Waals surface area contributed by atoms with Gasteiger partial charge in [-0.25, -0.2) is 0 Å². The van der Waals surface area contributed by atoms with Gasteiger partial charge in [0.25, 0.3) is 0 Å². The minimum atomic E-state index is -0.308. The van der Waals surface area contributed by atoms with Crippen LogP contribution < -0.4 is 0 Å². The number of esters is 1. The van der Waals surface area contributed by atoms with Crippen molar-refractivity contribution in [1.82, 2.24) is 0 Å². The van der Waals surface area contributed by atoms with Crippen molar-refractivity contribution < 1.29 is 14.3 Å². The minimum Gasteiger partial charge on any atom is -0.435 e. The molecule has 2 heterocycles. The quantitative estimate of drug-likeness (QED) is 0.562. The lowest BCUT2D eigenvalue weighted by molar-refractivity contribution is -0.158. The topological polar surface area (TPSA) is 35.5 Å². The molecule has 0 aromatic heterocycles. The summed E-state index contributed by atoms with van der Waals surface area (Å²) in [6.07, 6.45) is 6.78. The molecule has 0 radical (unpaired) electrons. The van der Waals surface area contributed by atoms with Crippen molar-refractivity contribution in [2.75, 3.05) is 6.61 Å². The molecule has 0 aromatic carbocycles. The summed E-state index contributed by atoms with van der Waals surface area (Å²) < 4.78 is 11.0. The van der Waals surface area contributed by atoms with Crippen LogP contribution in [0, 0.1) is 34.5 Å². The Bertz CT molecular complexity index is 537. The number of carbonyl (C=O) groups excluding carboxylic acids is 1. The molecule has 2 aliphatic heterocycles. The van der Waals surface area contributed by atoms with Crippen molar-refractivity contribution in [3.63, 3.8) is 0 Å². The van der Waals surface area contributed by atoms with Crippen LogP contribution in [0.3, 0.4) is 0 Å². The molecule has 3 heteroatoms. The average molecular weight is 318 g/mol. The molecule has 23 heavy (non-hydrogen) atoms. The standard InChI is InChI=1S/C20H30O3/c1-12(14-11-22-18-13(14)10-17(21)23-18)15-6-7-16-19(2,3)8-5-9-20(15,16)4/h13-16,18H,1,5-11H2,2-4H3/t13-,14+,15-,16+,18-,20-/m1/s1. The van der Waals surface area contributed by atoms with Gasteiger partial charge in [0.15, 0.2) is 0 Å². The highest BCUT2D eigenvalue weighted by Crippen LogP contribution is 2.64. The van der Waals surface area contributed by atoms with E-state index in [1.54, 1.807) is 0 Å². The monoisotopic (exact) mass is 318 g/mol. The van der Waals surface area contributed by atoms with E-state index in [0.29, 0.717) is 35.7 Å².